The largest absolute Gasteiger partial charge is 0.287 e. The summed E-state index contributed by atoms with van der Waals surface area (Å²) in [5.74, 6) is 0.761. The number of aromatic nitrogens is 2. The molecule has 0 spiro atoms. The Labute approximate surface area is 147 Å². The zero-order chi connectivity index (χ0) is 17.1. The third-order valence-electron chi connectivity index (χ3n) is 5.17. The maximum absolute atomic E-state index is 12.0. The number of hydrogen-bond acceptors (Lipinski definition) is 3. The lowest BCUT2D eigenvalue weighted by Gasteiger charge is -2.32. The van der Waals surface area contributed by atoms with Crippen molar-refractivity contribution in [2.24, 2.45) is 5.92 Å². The Bertz CT molecular complexity index is 896. The summed E-state index contributed by atoms with van der Waals surface area (Å²) in [6.45, 7) is 2.91. The standard InChI is InChI=1S/C21H23N3O/c25-21-15-22-24(20-9-5-4-8-19(20)21)16-23-12-10-18(11-13-23)14-17-6-2-1-3-7-17/h1-9,15,18H,10-14,16H2. The molecule has 4 rings (SSSR count). The van der Waals surface area contributed by atoms with Gasteiger partial charge in [-0.2, -0.15) is 5.10 Å². The van der Waals surface area contributed by atoms with Crippen LogP contribution in [0.1, 0.15) is 18.4 Å². The maximum atomic E-state index is 12.0. The summed E-state index contributed by atoms with van der Waals surface area (Å²) >= 11 is 0. The van der Waals surface area contributed by atoms with Crippen LogP contribution in [0.15, 0.2) is 65.6 Å². The highest BCUT2D eigenvalue weighted by atomic mass is 16.1. The first-order valence-electron chi connectivity index (χ1n) is 9.01. The van der Waals surface area contributed by atoms with E-state index < -0.39 is 0 Å². The Hall–Kier alpha value is -2.46. The van der Waals surface area contributed by atoms with Crippen molar-refractivity contribution in [1.29, 1.82) is 0 Å². The maximum Gasteiger partial charge on any atom is 0.207 e. The second kappa shape index (κ2) is 7.19. The molecule has 1 aliphatic rings. The van der Waals surface area contributed by atoms with E-state index in [9.17, 15) is 4.79 Å². The minimum Gasteiger partial charge on any atom is -0.287 e. The third kappa shape index (κ3) is 3.64. The Morgan fingerprint density at radius 1 is 0.960 bits per heavy atom. The highest BCUT2D eigenvalue weighted by Crippen LogP contribution is 2.22. The fourth-order valence-corrected chi connectivity index (χ4v) is 3.74. The molecule has 1 fully saturated rings. The Kier molecular flexibility index (Phi) is 4.61. The second-order valence-electron chi connectivity index (χ2n) is 6.92. The molecule has 25 heavy (non-hydrogen) atoms. The van der Waals surface area contributed by atoms with Crippen LogP contribution in [0.4, 0.5) is 0 Å². The van der Waals surface area contributed by atoms with Crippen molar-refractivity contribution in [3.8, 4) is 0 Å². The van der Waals surface area contributed by atoms with Gasteiger partial charge in [-0.1, -0.05) is 42.5 Å². The summed E-state index contributed by atoms with van der Waals surface area (Å²) in [5, 5.41) is 5.10. The molecule has 128 valence electrons. The van der Waals surface area contributed by atoms with E-state index in [0.29, 0.717) is 0 Å². The molecule has 2 aromatic carbocycles. The van der Waals surface area contributed by atoms with Crippen molar-refractivity contribution < 1.29 is 0 Å². The van der Waals surface area contributed by atoms with E-state index in [4.69, 9.17) is 0 Å². The van der Waals surface area contributed by atoms with E-state index >= 15 is 0 Å². The van der Waals surface area contributed by atoms with Crippen molar-refractivity contribution in [3.63, 3.8) is 0 Å². The van der Waals surface area contributed by atoms with Crippen molar-refractivity contribution in [2.45, 2.75) is 25.9 Å². The number of fused-ring (bicyclic) bond motifs is 1. The molecule has 0 saturated carbocycles. The normalized spacial score (nSPS) is 16.3. The molecular weight excluding hydrogens is 310 g/mol. The van der Waals surface area contributed by atoms with Gasteiger partial charge in [-0.25, -0.2) is 0 Å². The van der Waals surface area contributed by atoms with Crippen molar-refractivity contribution in [2.75, 3.05) is 13.1 Å². The number of hydrogen-bond donors (Lipinski definition) is 0. The van der Waals surface area contributed by atoms with Gasteiger partial charge in [0.1, 0.15) is 0 Å². The van der Waals surface area contributed by atoms with E-state index in [0.717, 1.165) is 36.6 Å². The molecule has 0 unspecified atom stereocenters. The summed E-state index contributed by atoms with van der Waals surface area (Å²) in [6.07, 6.45) is 5.04. The molecule has 1 aromatic heterocycles. The van der Waals surface area contributed by atoms with Gasteiger partial charge in [0.2, 0.25) is 5.43 Å². The minimum absolute atomic E-state index is 0.00609. The Morgan fingerprint density at radius 2 is 1.68 bits per heavy atom. The van der Waals surface area contributed by atoms with Gasteiger partial charge in [-0.3, -0.25) is 14.4 Å². The van der Waals surface area contributed by atoms with Gasteiger partial charge >= 0.3 is 0 Å². The van der Waals surface area contributed by atoms with Crippen LogP contribution in [0, 0.1) is 5.92 Å². The first kappa shape index (κ1) is 16.0. The fraction of sp³-hybridized carbons (Fsp3) is 0.333. The summed E-state index contributed by atoms with van der Waals surface area (Å²) in [7, 11) is 0. The van der Waals surface area contributed by atoms with Gasteiger partial charge in [0.05, 0.1) is 18.4 Å². The molecule has 4 heteroatoms. The molecule has 3 aromatic rings. The van der Waals surface area contributed by atoms with Crippen molar-refractivity contribution in [3.05, 3.63) is 76.6 Å². The molecule has 1 saturated heterocycles. The van der Waals surface area contributed by atoms with Gasteiger partial charge in [0.15, 0.2) is 0 Å². The third-order valence-corrected chi connectivity index (χ3v) is 5.17. The summed E-state index contributed by atoms with van der Waals surface area (Å²) in [6, 6.07) is 18.5. The molecule has 4 nitrogen and oxygen atoms in total. The zero-order valence-corrected chi connectivity index (χ0v) is 14.3. The fourth-order valence-electron chi connectivity index (χ4n) is 3.74. The molecule has 0 aliphatic carbocycles. The van der Waals surface area contributed by atoms with Crippen LogP contribution < -0.4 is 5.43 Å². The highest BCUT2D eigenvalue weighted by molar-refractivity contribution is 5.77. The Morgan fingerprint density at radius 3 is 2.48 bits per heavy atom. The van der Waals surface area contributed by atoms with Crippen molar-refractivity contribution >= 4 is 10.9 Å². The average molecular weight is 333 g/mol. The number of rotatable bonds is 4. The summed E-state index contributed by atoms with van der Waals surface area (Å²) in [4.78, 5) is 14.4. The average Bonchev–Trinajstić information content (AvgIpc) is 2.67. The number of para-hydroxylation sites is 1. The second-order valence-corrected chi connectivity index (χ2v) is 6.92. The first-order chi connectivity index (χ1) is 12.3. The number of nitrogens with zero attached hydrogens (tertiary/aromatic N) is 3. The smallest absolute Gasteiger partial charge is 0.207 e. The van der Waals surface area contributed by atoms with Crippen LogP contribution >= 0.6 is 0 Å². The minimum atomic E-state index is -0.00609. The predicted molar refractivity (Wildman–Crippen MR) is 100 cm³/mol. The predicted octanol–water partition coefficient (Wildman–Crippen LogP) is 3.31. The van der Waals surface area contributed by atoms with E-state index in [1.807, 2.05) is 28.9 Å². The highest BCUT2D eigenvalue weighted by Gasteiger charge is 2.20. The van der Waals surface area contributed by atoms with Crippen LogP contribution in [0.3, 0.4) is 0 Å². The molecule has 2 heterocycles. The SMILES string of the molecule is O=c1cnn(CN2CCC(Cc3ccccc3)CC2)c2ccccc12. The molecule has 1 aliphatic heterocycles. The van der Waals surface area contributed by atoms with Crippen LogP contribution in [0.25, 0.3) is 10.9 Å². The molecular formula is C21H23N3O. The van der Waals surface area contributed by atoms with Crippen LogP contribution in [0.2, 0.25) is 0 Å². The number of likely N-dealkylation sites (tertiary alicyclic amines) is 1. The van der Waals surface area contributed by atoms with Crippen LogP contribution in [-0.4, -0.2) is 27.8 Å². The van der Waals surface area contributed by atoms with Gasteiger partial charge in [-0.15, -0.1) is 0 Å². The van der Waals surface area contributed by atoms with Crippen LogP contribution in [-0.2, 0) is 13.1 Å². The van der Waals surface area contributed by atoms with Crippen molar-refractivity contribution in [1.82, 2.24) is 14.7 Å². The molecule has 0 amide bonds. The monoisotopic (exact) mass is 333 g/mol. The Balaban J connectivity index is 1.41. The molecule has 0 radical (unpaired) electrons. The van der Waals surface area contributed by atoms with Gasteiger partial charge < -0.3 is 0 Å². The number of piperidine rings is 1. The first-order valence-corrected chi connectivity index (χ1v) is 9.01. The molecule has 0 atom stereocenters. The molecule has 0 N–H and O–H groups in total. The number of benzene rings is 2. The van der Waals surface area contributed by atoms with E-state index in [-0.39, 0.29) is 5.43 Å². The van der Waals surface area contributed by atoms with E-state index in [2.05, 4.69) is 40.3 Å². The zero-order valence-electron chi connectivity index (χ0n) is 14.3. The van der Waals surface area contributed by atoms with E-state index in [1.54, 1.807) is 0 Å². The van der Waals surface area contributed by atoms with Crippen LogP contribution in [0.5, 0.6) is 0 Å². The summed E-state index contributed by atoms with van der Waals surface area (Å²) in [5.41, 5.74) is 2.35. The quantitative estimate of drug-likeness (QED) is 0.735. The lowest BCUT2D eigenvalue weighted by molar-refractivity contribution is 0.142. The lowest BCUT2D eigenvalue weighted by Crippen LogP contribution is -2.36. The van der Waals surface area contributed by atoms with Gasteiger partial charge in [0, 0.05) is 18.5 Å². The molecule has 0 bridgehead atoms. The lowest BCUT2D eigenvalue weighted by atomic mass is 9.90. The van der Waals surface area contributed by atoms with Gasteiger partial charge in [0.25, 0.3) is 0 Å². The summed E-state index contributed by atoms with van der Waals surface area (Å²) < 4.78 is 1.95. The van der Waals surface area contributed by atoms with E-state index in [1.165, 1.54) is 31.0 Å². The topological polar surface area (TPSA) is 38.1 Å². The van der Waals surface area contributed by atoms with Gasteiger partial charge in [-0.05, 0) is 42.9 Å².